The number of hydrogen-bond acceptors (Lipinski definition) is 4. The average Bonchev–Trinajstić information content (AvgIpc) is 2.59. The molecule has 0 aromatic carbocycles. The van der Waals surface area contributed by atoms with Crippen LogP contribution in [-0.4, -0.2) is 35.5 Å². The van der Waals surface area contributed by atoms with Crippen LogP contribution in [0.2, 0.25) is 0 Å². The minimum atomic E-state index is -0.671. The van der Waals surface area contributed by atoms with E-state index in [4.69, 9.17) is 0 Å². The first-order valence-corrected chi connectivity index (χ1v) is 5.51. The molecule has 1 heterocycles. The Morgan fingerprint density at radius 1 is 1.19 bits per heavy atom. The molecular formula is C10H15N3O3. The van der Waals surface area contributed by atoms with Crippen LogP contribution in [0.4, 0.5) is 0 Å². The first kappa shape index (κ1) is 11.1. The van der Waals surface area contributed by atoms with Gasteiger partial charge in [-0.3, -0.25) is 20.2 Å². The van der Waals surface area contributed by atoms with Crippen molar-refractivity contribution in [2.45, 2.75) is 31.7 Å². The Hall–Kier alpha value is -1.43. The summed E-state index contributed by atoms with van der Waals surface area (Å²) < 4.78 is 0. The molecular weight excluding hydrogens is 210 g/mol. The molecule has 0 aromatic rings. The van der Waals surface area contributed by atoms with Crippen LogP contribution in [0.1, 0.15) is 25.7 Å². The Morgan fingerprint density at radius 2 is 1.81 bits per heavy atom. The zero-order chi connectivity index (χ0) is 11.5. The standard InChI is InChI=1S/C10H15N3O3/c14-5-6-3-1-2-4-7(6)11-10-12-8(15)9(16)13-10/h6-7,14H,1-5H2,(H2,11,12,13,15,16). The molecule has 2 rings (SSSR count). The lowest BCUT2D eigenvalue weighted by molar-refractivity contribution is -0.135. The molecule has 2 amide bonds. The van der Waals surface area contributed by atoms with E-state index in [0.717, 1.165) is 25.7 Å². The zero-order valence-corrected chi connectivity index (χ0v) is 8.90. The van der Waals surface area contributed by atoms with Gasteiger partial charge in [-0.2, -0.15) is 0 Å². The maximum absolute atomic E-state index is 10.9. The fourth-order valence-corrected chi connectivity index (χ4v) is 2.16. The van der Waals surface area contributed by atoms with E-state index >= 15 is 0 Å². The van der Waals surface area contributed by atoms with Gasteiger partial charge in [0, 0.05) is 12.5 Å². The Labute approximate surface area is 93.1 Å². The Balaban J connectivity index is 2.04. The van der Waals surface area contributed by atoms with E-state index in [9.17, 15) is 14.7 Å². The van der Waals surface area contributed by atoms with E-state index in [1.807, 2.05) is 0 Å². The van der Waals surface area contributed by atoms with Crippen molar-refractivity contribution in [2.75, 3.05) is 6.61 Å². The molecule has 6 heteroatoms. The van der Waals surface area contributed by atoms with Crippen molar-refractivity contribution in [1.82, 2.24) is 10.6 Å². The summed E-state index contributed by atoms with van der Waals surface area (Å²) in [5.74, 6) is -0.985. The first-order valence-electron chi connectivity index (χ1n) is 5.51. The molecule has 2 fully saturated rings. The molecule has 1 aliphatic heterocycles. The van der Waals surface area contributed by atoms with Crippen LogP contribution in [0.25, 0.3) is 0 Å². The number of hydrogen-bond donors (Lipinski definition) is 3. The minimum absolute atomic E-state index is 0.00699. The number of guanidine groups is 1. The van der Waals surface area contributed by atoms with Gasteiger partial charge in [0.25, 0.3) is 0 Å². The summed E-state index contributed by atoms with van der Waals surface area (Å²) in [7, 11) is 0. The Morgan fingerprint density at radius 3 is 2.44 bits per heavy atom. The molecule has 0 aromatic heterocycles. The molecule has 1 saturated carbocycles. The fraction of sp³-hybridized carbons (Fsp3) is 0.700. The zero-order valence-electron chi connectivity index (χ0n) is 8.90. The van der Waals surface area contributed by atoms with Crippen LogP contribution in [-0.2, 0) is 9.59 Å². The fourth-order valence-electron chi connectivity index (χ4n) is 2.16. The van der Waals surface area contributed by atoms with Gasteiger partial charge in [-0.25, -0.2) is 4.99 Å². The monoisotopic (exact) mass is 225 g/mol. The summed E-state index contributed by atoms with van der Waals surface area (Å²) >= 11 is 0. The van der Waals surface area contributed by atoms with Gasteiger partial charge in [0.1, 0.15) is 0 Å². The number of carbonyl (C=O) groups excluding carboxylic acids is 2. The van der Waals surface area contributed by atoms with Crippen molar-refractivity contribution < 1.29 is 14.7 Å². The third-order valence-corrected chi connectivity index (χ3v) is 3.07. The Kier molecular flexibility index (Phi) is 3.19. The highest BCUT2D eigenvalue weighted by Crippen LogP contribution is 2.26. The third-order valence-electron chi connectivity index (χ3n) is 3.07. The van der Waals surface area contributed by atoms with E-state index in [0.29, 0.717) is 0 Å². The highest BCUT2D eigenvalue weighted by molar-refractivity contribution is 6.45. The normalized spacial score (nSPS) is 29.9. The number of nitrogens with zero attached hydrogens (tertiary/aromatic N) is 1. The molecule has 2 unspecified atom stereocenters. The van der Waals surface area contributed by atoms with Crippen LogP contribution >= 0.6 is 0 Å². The van der Waals surface area contributed by atoms with Crippen LogP contribution in [0.5, 0.6) is 0 Å². The van der Waals surface area contributed by atoms with Gasteiger partial charge < -0.3 is 5.11 Å². The van der Waals surface area contributed by atoms with Gasteiger partial charge in [-0.15, -0.1) is 0 Å². The van der Waals surface area contributed by atoms with E-state index in [-0.39, 0.29) is 24.5 Å². The second-order valence-electron chi connectivity index (χ2n) is 4.18. The molecule has 1 aliphatic carbocycles. The van der Waals surface area contributed by atoms with Crippen LogP contribution < -0.4 is 10.6 Å². The Bertz CT molecular complexity index is 322. The number of amides is 2. The second-order valence-corrected chi connectivity index (χ2v) is 4.18. The maximum Gasteiger partial charge on any atom is 0.316 e. The van der Waals surface area contributed by atoms with Gasteiger partial charge in [0.05, 0.1) is 6.04 Å². The van der Waals surface area contributed by atoms with Crippen LogP contribution in [0.15, 0.2) is 4.99 Å². The summed E-state index contributed by atoms with van der Waals surface area (Å²) in [5.41, 5.74) is 0. The lowest BCUT2D eigenvalue weighted by Gasteiger charge is -2.27. The smallest absolute Gasteiger partial charge is 0.316 e. The summed E-state index contributed by atoms with van der Waals surface area (Å²) in [6.07, 6.45) is 4.01. The van der Waals surface area contributed by atoms with Crippen LogP contribution in [0, 0.1) is 5.92 Å². The quantitative estimate of drug-likeness (QED) is 0.534. The summed E-state index contributed by atoms with van der Waals surface area (Å²) in [6.45, 7) is 0.101. The maximum atomic E-state index is 10.9. The number of nitrogens with one attached hydrogen (secondary N) is 2. The van der Waals surface area contributed by atoms with Gasteiger partial charge >= 0.3 is 11.8 Å². The van der Waals surface area contributed by atoms with Crippen molar-refractivity contribution in [2.24, 2.45) is 10.9 Å². The second kappa shape index (κ2) is 4.61. The minimum Gasteiger partial charge on any atom is -0.396 e. The molecule has 16 heavy (non-hydrogen) atoms. The number of aliphatic imine (C=N–C) groups is 1. The first-order chi connectivity index (χ1) is 7.70. The van der Waals surface area contributed by atoms with E-state index < -0.39 is 11.8 Å². The highest BCUT2D eigenvalue weighted by Gasteiger charge is 2.29. The number of aliphatic hydroxyl groups is 1. The SMILES string of the molecule is O=C1NC(=NC2CCCCC2CO)NC1=O. The topological polar surface area (TPSA) is 90.8 Å². The summed E-state index contributed by atoms with van der Waals surface area (Å²) in [6, 6.07) is -0.00699. The number of aliphatic hydroxyl groups excluding tert-OH is 1. The van der Waals surface area contributed by atoms with Gasteiger partial charge in [0.15, 0.2) is 0 Å². The molecule has 0 radical (unpaired) electrons. The molecule has 0 spiro atoms. The number of carbonyl (C=O) groups is 2. The van der Waals surface area contributed by atoms with Crippen molar-refractivity contribution in [3.05, 3.63) is 0 Å². The summed E-state index contributed by atoms with van der Waals surface area (Å²) in [5, 5.41) is 13.9. The van der Waals surface area contributed by atoms with E-state index in [1.165, 1.54) is 0 Å². The molecule has 1 saturated heterocycles. The van der Waals surface area contributed by atoms with Gasteiger partial charge in [-0.05, 0) is 12.8 Å². The van der Waals surface area contributed by atoms with E-state index in [1.54, 1.807) is 0 Å². The molecule has 2 atom stereocenters. The molecule has 2 aliphatic rings. The lowest BCUT2D eigenvalue weighted by Crippen LogP contribution is -2.33. The molecule has 6 nitrogen and oxygen atoms in total. The highest BCUT2D eigenvalue weighted by atomic mass is 16.3. The largest absolute Gasteiger partial charge is 0.396 e. The van der Waals surface area contributed by atoms with E-state index in [2.05, 4.69) is 15.6 Å². The third kappa shape index (κ3) is 2.21. The predicted octanol–water partition coefficient (Wildman–Crippen LogP) is -0.861. The van der Waals surface area contributed by atoms with Crippen LogP contribution in [0.3, 0.4) is 0 Å². The lowest BCUT2D eigenvalue weighted by atomic mass is 9.85. The summed E-state index contributed by atoms with van der Waals surface area (Å²) in [4.78, 5) is 26.1. The molecule has 88 valence electrons. The van der Waals surface area contributed by atoms with Crippen molar-refractivity contribution >= 4 is 17.8 Å². The molecule has 3 N–H and O–H groups in total. The van der Waals surface area contributed by atoms with Crippen molar-refractivity contribution in [3.63, 3.8) is 0 Å². The average molecular weight is 225 g/mol. The molecule has 0 bridgehead atoms. The van der Waals surface area contributed by atoms with Gasteiger partial charge in [0.2, 0.25) is 5.96 Å². The van der Waals surface area contributed by atoms with Crippen molar-refractivity contribution in [3.8, 4) is 0 Å². The number of rotatable bonds is 2. The van der Waals surface area contributed by atoms with Gasteiger partial charge in [-0.1, -0.05) is 12.8 Å². The van der Waals surface area contributed by atoms with Crippen molar-refractivity contribution in [1.29, 1.82) is 0 Å². The predicted molar refractivity (Wildman–Crippen MR) is 56.6 cm³/mol.